The maximum absolute atomic E-state index is 6.12. The second-order valence-corrected chi connectivity index (χ2v) is 7.71. The summed E-state index contributed by atoms with van der Waals surface area (Å²) in [5.74, 6) is 2.31. The van der Waals surface area contributed by atoms with Crippen LogP contribution in [0.1, 0.15) is 36.8 Å². The summed E-state index contributed by atoms with van der Waals surface area (Å²) < 4.78 is 0. The van der Waals surface area contributed by atoms with E-state index in [-0.39, 0.29) is 0 Å². The Bertz CT molecular complexity index is 740. The third kappa shape index (κ3) is 4.63. The summed E-state index contributed by atoms with van der Waals surface area (Å²) >= 11 is 12.1. The molecule has 0 spiro atoms. The van der Waals surface area contributed by atoms with Crippen LogP contribution in [0.15, 0.2) is 24.3 Å². The van der Waals surface area contributed by atoms with Gasteiger partial charge in [-0.05, 0) is 24.6 Å². The van der Waals surface area contributed by atoms with Crippen molar-refractivity contribution in [2.45, 2.75) is 33.2 Å². The van der Waals surface area contributed by atoms with Crippen LogP contribution in [0.3, 0.4) is 0 Å². The molecular weight excluding hydrogens is 355 g/mol. The molecule has 4 nitrogen and oxygen atoms in total. The molecule has 1 aliphatic heterocycles. The highest BCUT2D eigenvalue weighted by Gasteiger charge is 2.19. The van der Waals surface area contributed by atoms with Crippen LogP contribution in [0, 0.1) is 6.92 Å². The largest absolute Gasteiger partial charge is 0.354 e. The van der Waals surface area contributed by atoms with E-state index in [4.69, 9.17) is 28.2 Å². The number of aromatic nitrogens is 2. The smallest absolute Gasteiger partial charge is 0.133 e. The van der Waals surface area contributed by atoms with Gasteiger partial charge in [-0.2, -0.15) is 0 Å². The Morgan fingerprint density at radius 2 is 1.72 bits per heavy atom. The molecule has 6 heteroatoms. The minimum absolute atomic E-state index is 0.342. The third-order valence-corrected chi connectivity index (χ3v) is 5.20. The van der Waals surface area contributed by atoms with Crippen LogP contribution in [0.2, 0.25) is 10.0 Å². The molecule has 1 saturated heterocycles. The Labute approximate surface area is 159 Å². The maximum atomic E-state index is 6.12. The van der Waals surface area contributed by atoms with Crippen LogP contribution in [0.25, 0.3) is 0 Å². The van der Waals surface area contributed by atoms with Crippen molar-refractivity contribution in [3.05, 3.63) is 51.4 Å². The van der Waals surface area contributed by atoms with Crippen molar-refractivity contribution < 1.29 is 0 Å². The molecule has 3 rings (SSSR count). The molecule has 1 aromatic heterocycles. The number of halogens is 2. The van der Waals surface area contributed by atoms with Gasteiger partial charge in [-0.25, -0.2) is 9.97 Å². The predicted molar refractivity (Wildman–Crippen MR) is 105 cm³/mol. The summed E-state index contributed by atoms with van der Waals surface area (Å²) in [6, 6.07) is 7.95. The van der Waals surface area contributed by atoms with Gasteiger partial charge >= 0.3 is 0 Å². The number of piperazine rings is 1. The maximum Gasteiger partial charge on any atom is 0.133 e. The Balaban J connectivity index is 1.63. The lowest BCUT2D eigenvalue weighted by molar-refractivity contribution is 0.249. The molecule has 0 bridgehead atoms. The fourth-order valence-corrected chi connectivity index (χ4v) is 3.35. The average molecular weight is 379 g/mol. The van der Waals surface area contributed by atoms with E-state index in [1.807, 2.05) is 25.1 Å². The van der Waals surface area contributed by atoms with E-state index in [2.05, 4.69) is 34.7 Å². The van der Waals surface area contributed by atoms with Crippen LogP contribution in [-0.4, -0.2) is 41.0 Å². The van der Waals surface area contributed by atoms with E-state index < -0.39 is 0 Å². The van der Waals surface area contributed by atoms with E-state index >= 15 is 0 Å². The fraction of sp³-hybridized carbons (Fsp3) is 0.474. The zero-order valence-electron chi connectivity index (χ0n) is 15.0. The third-order valence-electron chi connectivity index (χ3n) is 4.46. The number of benzene rings is 1. The number of aryl methyl sites for hydroxylation is 1. The first-order valence-electron chi connectivity index (χ1n) is 8.69. The first-order chi connectivity index (χ1) is 11.9. The van der Waals surface area contributed by atoms with Gasteiger partial charge in [-0.3, -0.25) is 4.90 Å². The highest BCUT2D eigenvalue weighted by molar-refractivity contribution is 6.42. The van der Waals surface area contributed by atoms with Crippen molar-refractivity contribution in [2.75, 3.05) is 31.1 Å². The zero-order chi connectivity index (χ0) is 18.0. The molecule has 0 amide bonds. The molecule has 1 fully saturated rings. The van der Waals surface area contributed by atoms with Crippen LogP contribution in [0.4, 0.5) is 5.82 Å². The molecule has 0 atom stereocenters. The molecule has 0 aliphatic carbocycles. The second-order valence-electron chi connectivity index (χ2n) is 6.89. The van der Waals surface area contributed by atoms with Crippen molar-refractivity contribution in [3.8, 4) is 0 Å². The number of hydrogen-bond donors (Lipinski definition) is 0. The molecule has 0 radical (unpaired) electrons. The van der Waals surface area contributed by atoms with Gasteiger partial charge in [0.2, 0.25) is 0 Å². The lowest BCUT2D eigenvalue weighted by atomic mass is 10.2. The Kier molecular flexibility index (Phi) is 5.82. The van der Waals surface area contributed by atoms with Crippen molar-refractivity contribution >= 4 is 29.0 Å². The van der Waals surface area contributed by atoms with Gasteiger partial charge in [-0.1, -0.05) is 43.1 Å². The van der Waals surface area contributed by atoms with Gasteiger partial charge in [0, 0.05) is 50.4 Å². The van der Waals surface area contributed by atoms with Crippen molar-refractivity contribution in [1.82, 2.24) is 14.9 Å². The molecule has 0 unspecified atom stereocenters. The number of hydrogen-bond acceptors (Lipinski definition) is 4. The number of rotatable bonds is 4. The zero-order valence-corrected chi connectivity index (χ0v) is 16.5. The molecule has 25 heavy (non-hydrogen) atoms. The summed E-state index contributed by atoms with van der Waals surface area (Å²) in [5, 5.41) is 1.23. The number of nitrogens with zero attached hydrogens (tertiary/aromatic N) is 4. The van der Waals surface area contributed by atoms with Gasteiger partial charge in [0.25, 0.3) is 0 Å². The first-order valence-corrected chi connectivity index (χ1v) is 9.45. The van der Waals surface area contributed by atoms with Gasteiger partial charge in [0.15, 0.2) is 0 Å². The van der Waals surface area contributed by atoms with Gasteiger partial charge < -0.3 is 4.90 Å². The summed E-state index contributed by atoms with van der Waals surface area (Å²) in [7, 11) is 0. The minimum atomic E-state index is 0.342. The normalized spacial score (nSPS) is 15.8. The molecule has 2 heterocycles. The first kappa shape index (κ1) is 18.4. The standard InChI is InChI=1S/C19H24Cl2N4/c1-13(2)19-22-14(3)10-18(23-19)25-8-6-24(7-9-25)12-15-4-5-16(20)17(21)11-15/h4-5,10-11,13H,6-9,12H2,1-3H3. The monoisotopic (exact) mass is 378 g/mol. The Morgan fingerprint density at radius 3 is 2.36 bits per heavy atom. The Hall–Kier alpha value is -1.36. The molecule has 2 aromatic rings. The van der Waals surface area contributed by atoms with Crippen molar-refractivity contribution in [2.24, 2.45) is 0 Å². The van der Waals surface area contributed by atoms with Crippen LogP contribution >= 0.6 is 23.2 Å². The number of anilines is 1. The molecule has 1 aromatic carbocycles. The summed E-state index contributed by atoms with van der Waals surface area (Å²) in [6.45, 7) is 11.1. The van der Waals surface area contributed by atoms with Gasteiger partial charge in [0.1, 0.15) is 11.6 Å². The van der Waals surface area contributed by atoms with Crippen LogP contribution in [-0.2, 0) is 6.54 Å². The average Bonchev–Trinajstić information content (AvgIpc) is 2.58. The quantitative estimate of drug-likeness (QED) is 0.781. The van der Waals surface area contributed by atoms with E-state index in [1.54, 1.807) is 0 Å². The fourth-order valence-electron chi connectivity index (χ4n) is 3.03. The van der Waals surface area contributed by atoms with Crippen molar-refractivity contribution in [3.63, 3.8) is 0 Å². The topological polar surface area (TPSA) is 32.3 Å². The highest BCUT2D eigenvalue weighted by Crippen LogP contribution is 2.24. The van der Waals surface area contributed by atoms with Crippen LogP contribution in [0.5, 0.6) is 0 Å². The van der Waals surface area contributed by atoms with E-state index in [0.717, 1.165) is 50.1 Å². The lowest BCUT2D eigenvalue weighted by Crippen LogP contribution is -2.46. The molecular formula is C19H24Cl2N4. The molecule has 1 aliphatic rings. The van der Waals surface area contributed by atoms with Gasteiger partial charge in [-0.15, -0.1) is 0 Å². The molecule has 134 valence electrons. The van der Waals surface area contributed by atoms with E-state index in [9.17, 15) is 0 Å². The Morgan fingerprint density at radius 1 is 1.00 bits per heavy atom. The summed E-state index contributed by atoms with van der Waals surface area (Å²) in [6.07, 6.45) is 0. The molecule has 0 saturated carbocycles. The van der Waals surface area contributed by atoms with Crippen molar-refractivity contribution in [1.29, 1.82) is 0 Å². The van der Waals surface area contributed by atoms with Crippen LogP contribution < -0.4 is 4.90 Å². The van der Waals surface area contributed by atoms with E-state index in [1.165, 1.54) is 5.56 Å². The minimum Gasteiger partial charge on any atom is -0.354 e. The second kappa shape index (κ2) is 7.90. The van der Waals surface area contributed by atoms with E-state index in [0.29, 0.717) is 16.0 Å². The molecule has 0 N–H and O–H groups in total. The summed E-state index contributed by atoms with van der Waals surface area (Å²) in [4.78, 5) is 14.1. The lowest BCUT2D eigenvalue weighted by Gasteiger charge is -2.35. The van der Waals surface area contributed by atoms with Gasteiger partial charge in [0.05, 0.1) is 10.0 Å². The SMILES string of the molecule is Cc1cc(N2CCN(Cc3ccc(Cl)c(Cl)c3)CC2)nc(C(C)C)n1. The summed E-state index contributed by atoms with van der Waals surface area (Å²) in [5.41, 5.74) is 2.23. The highest BCUT2D eigenvalue weighted by atomic mass is 35.5. The predicted octanol–water partition coefficient (Wildman–Crippen LogP) is 4.54.